The number of hydrogen-bond acceptors (Lipinski definition) is 8. The van der Waals surface area contributed by atoms with Crippen molar-refractivity contribution in [3.63, 3.8) is 0 Å². The minimum absolute atomic E-state index is 0. The van der Waals surface area contributed by atoms with Gasteiger partial charge in [-0.1, -0.05) is 0 Å². The van der Waals surface area contributed by atoms with Gasteiger partial charge in [-0.05, 0) is 0 Å². The predicted molar refractivity (Wildman–Crippen MR) is 57.5 cm³/mol. The van der Waals surface area contributed by atoms with E-state index in [2.05, 4.69) is 0 Å². The number of aliphatic carboxylic acids is 2. The molecule has 0 saturated heterocycles. The summed E-state index contributed by atoms with van der Waals surface area (Å²) in [6.07, 6.45) is -3.41. The fourth-order valence-electron chi connectivity index (χ4n) is 0.740. The molecule has 0 aromatic carbocycles. The van der Waals surface area contributed by atoms with Crippen molar-refractivity contribution in [3.05, 3.63) is 0 Å². The van der Waals surface area contributed by atoms with Gasteiger partial charge in [0.25, 0.3) is 0 Å². The van der Waals surface area contributed by atoms with Crippen LogP contribution in [0.4, 0.5) is 0 Å². The number of nitriles is 2. The van der Waals surface area contributed by atoms with E-state index in [1.807, 2.05) is 0 Å². The monoisotopic (exact) mass is 296 g/mol. The third-order valence-electron chi connectivity index (χ3n) is 1.46. The molecule has 0 saturated carbocycles. The van der Waals surface area contributed by atoms with Gasteiger partial charge in [-0.2, -0.15) is 10.5 Å². The SMILES string of the molecule is N#CC[C@@H](O)CC(=O)[O-].N#CC[C@@H](O)CC(=O)[O-].[Ca+2]. The second kappa shape index (κ2) is 15.2. The van der Waals surface area contributed by atoms with Crippen LogP contribution >= 0.6 is 0 Å². The van der Waals surface area contributed by atoms with Crippen LogP contribution in [0.3, 0.4) is 0 Å². The van der Waals surface area contributed by atoms with E-state index in [1.54, 1.807) is 12.1 Å². The summed E-state index contributed by atoms with van der Waals surface area (Å²) in [6, 6.07) is 3.26. The predicted octanol–water partition coefficient (Wildman–Crippen LogP) is -3.58. The number of carbonyl (C=O) groups is 2. The molecule has 0 aliphatic rings. The third kappa shape index (κ3) is 22.7. The second-order valence-electron chi connectivity index (χ2n) is 3.18. The number of hydrogen-bond donors (Lipinski definition) is 2. The number of rotatable bonds is 6. The maximum absolute atomic E-state index is 9.70. The van der Waals surface area contributed by atoms with Crippen LogP contribution in [0.25, 0.3) is 0 Å². The van der Waals surface area contributed by atoms with E-state index >= 15 is 0 Å². The molecule has 2 atom stereocenters. The number of aliphatic hydroxyl groups excluding tert-OH is 2. The topological polar surface area (TPSA) is 168 Å². The molecule has 0 radical (unpaired) electrons. The Morgan fingerprint density at radius 2 is 1.21 bits per heavy atom. The van der Waals surface area contributed by atoms with E-state index in [1.165, 1.54) is 0 Å². The van der Waals surface area contributed by atoms with Gasteiger partial charge in [0.1, 0.15) is 0 Å². The zero-order valence-electron chi connectivity index (χ0n) is 10.1. The molecule has 0 amide bonds. The summed E-state index contributed by atoms with van der Waals surface area (Å²) >= 11 is 0. The van der Waals surface area contributed by atoms with Crippen molar-refractivity contribution in [3.8, 4) is 12.1 Å². The van der Waals surface area contributed by atoms with Crippen molar-refractivity contribution < 1.29 is 30.0 Å². The summed E-state index contributed by atoms with van der Waals surface area (Å²) in [7, 11) is 0. The molecule has 2 N–H and O–H groups in total. The van der Waals surface area contributed by atoms with E-state index < -0.39 is 37.0 Å². The first-order valence-electron chi connectivity index (χ1n) is 4.83. The van der Waals surface area contributed by atoms with Crippen LogP contribution in [0.15, 0.2) is 0 Å². The molecule has 19 heavy (non-hydrogen) atoms. The number of carboxylic acid groups (broad SMARTS) is 2. The van der Waals surface area contributed by atoms with Gasteiger partial charge >= 0.3 is 37.7 Å². The molecule has 0 aromatic rings. The first-order chi connectivity index (χ1) is 8.33. The van der Waals surface area contributed by atoms with E-state index in [-0.39, 0.29) is 50.6 Å². The average molecular weight is 296 g/mol. The Labute approximate surface area is 139 Å². The molecule has 0 spiro atoms. The second-order valence-corrected chi connectivity index (χ2v) is 3.18. The normalized spacial score (nSPS) is 11.4. The number of carboxylic acids is 2. The summed E-state index contributed by atoms with van der Waals surface area (Å²) in [6.45, 7) is 0. The molecule has 9 heteroatoms. The van der Waals surface area contributed by atoms with E-state index in [4.69, 9.17) is 20.7 Å². The van der Waals surface area contributed by atoms with E-state index in [9.17, 15) is 19.8 Å². The molecule has 0 bridgehead atoms. The van der Waals surface area contributed by atoms with E-state index in [0.29, 0.717) is 0 Å². The van der Waals surface area contributed by atoms with Crippen LogP contribution < -0.4 is 10.2 Å². The molecule has 100 valence electrons. The maximum Gasteiger partial charge on any atom is 2.00 e. The fraction of sp³-hybridized carbons (Fsp3) is 0.600. The molecule has 0 unspecified atom stereocenters. The van der Waals surface area contributed by atoms with Crippen LogP contribution in [-0.4, -0.2) is 72.1 Å². The van der Waals surface area contributed by atoms with Gasteiger partial charge in [0.2, 0.25) is 0 Å². The smallest absolute Gasteiger partial charge is 0.550 e. The Morgan fingerprint density at radius 3 is 1.37 bits per heavy atom. The van der Waals surface area contributed by atoms with Crippen molar-refractivity contribution in [1.29, 1.82) is 10.5 Å². The first kappa shape index (κ1) is 23.2. The quantitative estimate of drug-likeness (QED) is 0.474. The molecular formula is C10H12CaN2O6. The minimum Gasteiger partial charge on any atom is -0.550 e. The molecule has 0 aliphatic heterocycles. The Hall–Kier alpha value is -0.900. The van der Waals surface area contributed by atoms with Crippen LogP contribution in [0.1, 0.15) is 25.7 Å². The van der Waals surface area contributed by atoms with Gasteiger partial charge in [0, 0.05) is 24.8 Å². The Kier molecular flexibility index (Phi) is 18.5. The van der Waals surface area contributed by atoms with Crippen LogP contribution in [0, 0.1) is 22.7 Å². The van der Waals surface area contributed by atoms with Crippen molar-refractivity contribution in [2.75, 3.05) is 0 Å². The summed E-state index contributed by atoms with van der Waals surface area (Å²) in [5.74, 6) is -2.67. The minimum atomic E-state index is -1.34. The van der Waals surface area contributed by atoms with Crippen molar-refractivity contribution in [2.45, 2.75) is 37.9 Å². The van der Waals surface area contributed by atoms with Crippen molar-refractivity contribution in [1.82, 2.24) is 0 Å². The maximum atomic E-state index is 9.70. The zero-order chi connectivity index (χ0) is 14.6. The van der Waals surface area contributed by atoms with Crippen LogP contribution in [-0.2, 0) is 9.59 Å². The van der Waals surface area contributed by atoms with Gasteiger partial charge in [0.15, 0.2) is 0 Å². The van der Waals surface area contributed by atoms with Crippen LogP contribution in [0.5, 0.6) is 0 Å². The molecule has 0 aromatic heterocycles. The molecule has 0 aliphatic carbocycles. The Balaban J connectivity index is -0.000000256. The molecule has 8 nitrogen and oxygen atoms in total. The molecular weight excluding hydrogens is 284 g/mol. The van der Waals surface area contributed by atoms with Gasteiger partial charge in [-0.15, -0.1) is 0 Å². The third-order valence-corrected chi connectivity index (χ3v) is 1.46. The van der Waals surface area contributed by atoms with Crippen molar-refractivity contribution in [2.24, 2.45) is 0 Å². The van der Waals surface area contributed by atoms with Gasteiger partial charge in [0.05, 0.1) is 37.2 Å². The summed E-state index contributed by atoms with van der Waals surface area (Å²) in [5.41, 5.74) is 0. The number of nitrogens with zero attached hydrogens (tertiary/aromatic N) is 2. The largest absolute Gasteiger partial charge is 2.00 e. The number of carbonyl (C=O) groups excluding carboxylic acids is 2. The summed E-state index contributed by atoms with van der Waals surface area (Å²) < 4.78 is 0. The van der Waals surface area contributed by atoms with Crippen molar-refractivity contribution >= 4 is 49.7 Å². The number of aliphatic hydroxyl groups is 2. The first-order valence-corrected chi connectivity index (χ1v) is 4.83. The molecule has 0 heterocycles. The standard InChI is InChI=1S/2C5H7NO3.Ca/c2*6-2-1-4(7)3-5(8)9;/h2*4,7H,1,3H2,(H,8,9);/q;;+2/p-2/t2*4-;/m11./s1. The van der Waals surface area contributed by atoms with E-state index in [0.717, 1.165) is 0 Å². The zero-order valence-corrected chi connectivity index (χ0v) is 12.3. The molecule has 0 fully saturated rings. The molecule has 0 rings (SSSR count). The van der Waals surface area contributed by atoms with Gasteiger partial charge in [-0.25, -0.2) is 0 Å². The summed E-state index contributed by atoms with van der Waals surface area (Å²) in [4.78, 5) is 19.4. The van der Waals surface area contributed by atoms with Crippen LogP contribution in [0.2, 0.25) is 0 Å². The Morgan fingerprint density at radius 1 is 0.947 bits per heavy atom. The van der Waals surface area contributed by atoms with Gasteiger partial charge < -0.3 is 30.0 Å². The Bertz CT molecular complexity index is 315. The van der Waals surface area contributed by atoms with Gasteiger partial charge in [-0.3, -0.25) is 0 Å². The average Bonchev–Trinajstić information content (AvgIpc) is 2.16. The summed E-state index contributed by atoms with van der Waals surface area (Å²) in [5, 5.41) is 52.4. The fourth-order valence-corrected chi connectivity index (χ4v) is 0.740.